The molecule has 1 N–H and O–H groups in total. The molecule has 4 nitrogen and oxygen atoms in total. The van der Waals surface area contributed by atoms with E-state index in [1.165, 1.54) is 0 Å². The van der Waals surface area contributed by atoms with Crippen LogP contribution in [0.1, 0.15) is 15.9 Å². The van der Waals surface area contributed by atoms with E-state index < -0.39 is 5.97 Å². The molecule has 1 aromatic rings. The summed E-state index contributed by atoms with van der Waals surface area (Å²) in [5.74, 6) is -0.269. The predicted octanol–water partition coefficient (Wildman–Crippen LogP) is 1.39. The maximum Gasteiger partial charge on any atom is 0.336 e. The van der Waals surface area contributed by atoms with E-state index in [1.54, 1.807) is 19.1 Å². The zero-order valence-electron chi connectivity index (χ0n) is 9.43. The largest absolute Gasteiger partial charge is 0.488 e. The average Bonchev–Trinajstić information content (AvgIpc) is 2.18. The lowest BCUT2D eigenvalue weighted by molar-refractivity contribution is 0.0386. The molecule has 1 heterocycles. The van der Waals surface area contributed by atoms with E-state index >= 15 is 0 Å². The number of likely N-dealkylation sites (N-methyl/N-ethyl adjacent to an activating group) is 1. The summed E-state index contributed by atoms with van der Waals surface area (Å²) in [4.78, 5) is 13.1. The molecule has 0 atom stereocenters. The lowest BCUT2D eigenvalue weighted by Crippen LogP contribution is -2.51. The Balaban J connectivity index is 2.10. The number of benzene rings is 1. The first kappa shape index (κ1) is 11.0. The number of ether oxygens (including phenoxy) is 1. The minimum Gasteiger partial charge on any atom is -0.488 e. The molecular weight excluding hydrogens is 206 g/mol. The Kier molecular flexibility index (Phi) is 2.83. The Labute approximate surface area is 94.4 Å². The summed E-state index contributed by atoms with van der Waals surface area (Å²) in [6.45, 7) is 3.58. The lowest BCUT2D eigenvalue weighted by atomic mass is 10.1. The van der Waals surface area contributed by atoms with Gasteiger partial charge < -0.3 is 9.84 Å². The third-order valence-corrected chi connectivity index (χ3v) is 2.77. The molecule has 1 aliphatic rings. The fraction of sp³-hybridized carbons (Fsp3) is 0.417. The van der Waals surface area contributed by atoms with E-state index in [0.717, 1.165) is 18.7 Å². The van der Waals surface area contributed by atoms with Crippen LogP contribution < -0.4 is 4.74 Å². The van der Waals surface area contributed by atoms with Crippen molar-refractivity contribution in [1.29, 1.82) is 0 Å². The lowest BCUT2D eigenvalue weighted by Gasteiger charge is -2.36. The van der Waals surface area contributed by atoms with Crippen LogP contribution in [-0.2, 0) is 0 Å². The number of hydrogen-bond donors (Lipinski definition) is 1. The highest BCUT2D eigenvalue weighted by Gasteiger charge is 2.25. The van der Waals surface area contributed by atoms with E-state index in [9.17, 15) is 4.79 Å². The first-order valence-electron chi connectivity index (χ1n) is 5.25. The van der Waals surface area contributed by atoms with E-state index in [2.05, 4.69) is 4.90 Å². The van der Waals surface area contributed by atoms with Crippen molar-refractivity contribution in [2.24, 2.45) is 0 Å². The number of hydrogen-bond acceptors (Lipinski definition) is 3. The number of rotatable bonds is 3. The van der Waals surface area contributed by atoms with Gasteiger partial charge in [-0.15, -0.1) is 0 Å². The number of aryl methyl sites for hydroxylation is 1. The van der Waals surface area contributed by atoms with Crippen molar-refractivity contribution < 1.29 is 14.6 Å². The number of carboxylic acids is 1. The van der Waals surface area contributed by atoms with E-state index in [4.69, 9.17) is 9.84 Å². The van der Waals surface area contributed by atoms with Crippen molar-refractivity contribution >= 4 is 5.97 Å². The van der Waals surface area contributed by atoms with Crippen molar-refractivity contribution in [3.63, 3.8) is 0 Å². The van der Waals surface area contributed by atoms with Crippen molar-refractivity contribution in [1.82, 2.24) is 4.90 Å². The van der Waals surface area contributed by atoms with E-state index in [0.29, 0.717) is 11.3 Å². The van der Waals surface area contributed by atoms with Gasteiger partial charge in [0.2, 0.25) is 0 Å². The molecule has 0 aliphatic carbocycles. The Morgan fingerprint density at radius 2 is 2.19 bits per heavy atom. The molecule has 4 heteroatoms. The van der Waals surface area contributed by atoms with Crippen LogP contribution in [0.3, 0.4) is 0 Å². The summed E-state index contributed by atoms with van der Waals surface area (Å²) in [7, 11) is 2.03. The number of likely N-dealkylation sites (tertiary alicyclic amines) is 1. The number of carboxylic acid groups (broad SMARTS) is 1. The normalized spacial score (nSPS) is 16.9. The van der Waals surface area contributed by atoms with Crippen LogP contribution in [0.15, 0.2) is 18.2 Å². The zero-order valence-corrected chi connectivity index (χ0v) is 9.43. The second-order valence-corrected chi connectivity index (χ2v) is 4.24. The molecule has 1 aliphatic heterocycles. The van der Waals surface area contributed by atoms with Crippen molar-refractivity contribution in [3.05, 3.63) is 29.3 Å². The highest BCUT2D eigenvalue weighted by molar-refractivity contribution is 5.89. The molecule has 1 saturated heterocycles. The monoisotopic (exact) mass is 221 g/mol. The highest BCUT2D eigenvalue weighted by atomic mass is 16.5. The SMILES string of the molecule is Cc1ccc(OC2CN(C)C2)cc1C(=O)O. The van der Waals surface area contributed by atoms with Crippen LogP contribution in [0.25, 0.3) is 0 Å². The van der Waals surface area contributed by atoms with Gasteiger partial charge in [-0.05, 0) is 31.7 Å². The van der Waals surface area contributed by atoms with Crippen molar-refractivity contribution in [2.45, 2.75) is 13.0 Å². The van der Waals surface area contributed by atoms with Gasteiger partial charge in [0.25, 0.3) is 0 Å². The predicted molar refractivity (Wildman–Crippen MR) is 60.1 cm³/mol. The minimum atomic E-state index is -0.909. The minimum absolute atomic E-state index is 0.189. The molecule has 86 valence electrons. The number of carbonyl (C=O) groups is 1. The number of aromatic carboxylic acids is 1. The summed E-state index contributed by atoms with van der Waals surface area (Å²) in [6.07, 6.45) is 0.189. The van der Waals surface area contributed by atoms with Crippen LogP contribution in [0.5, 0.6) is 5.75 Å². The van der Waals surface area contributed by atoms with Gasteiger partial charge in [0.15, 0.2) is 0 Å². The van der Waals surface area contributed by atoms with Crippen LogP contribution in [0, 0.1) is 6.92 Å². The molecule has 1 aromatic carbocycles. The van der Waals surface area contributed by atoms with Crippen LogP contribution >= 0.6 is 0 Å². The molecule has 2 rings (SSSR count). The molecule has 0 aromatic heterocycles. The number of nitrogens with zero attached hydrogens (tertiary/aromatic N) is 1. The van der Waals surface area contributed by atoms with Gasteiger partial charge in [-0.3, -0.25) is 4.90 Å². The first-order valence-corrected chi connectivity index (χ1v) is 5.25. The summed E-state index contributed by atoms with van der Waals surface area (Å²) in [6, 6.07) is 5.19. The van der Waals surface area contributed by atoms with Gasteiger partial charge in [0.1, 0.15) is 11.9 Å². The smallest absolute Gasteiger partial charge is 0.336 e. The molecule has 0 saturated carbocycles. The summed E-state index contributed by atoms with van der Waals surface area (Å²) in [5, 5.41) is 8.97. The van der Waals surface area contributed by atoms with Gasteiger partial charge in [-0.2, -0.15) is 0 Å². The van der Waals surface area contributed by atoms with Gasteiger partial charge in [-0.1, -0.05) is 6.07 Å². The molecule has 0 spiro atoms. The van der Waals surface area contributed by atoms with Crippen molar-refractivity contribution in [2.75, 3.05) is 20.1 Å². The van der Waals surface area contributed by atoms with Crippen LogP contribution in [0.4, 0.5) is 0 Å². The fourth-order valence-electron chi connectivity index (χ4n) is 1.81. The Bertz CT molecular complexity index is 411. The Morgan fingerprint density at radius 3 is 2.75 bits per heavy atom. The van der Waals surface area contributed by atoms with Gasteiger partial charge in [0, 0.05) is 13.1 Å². The summed E-state index contributed by atoms with van der Waals surface area (Å²) in [5.41, 5.74) is 1.07. The molecule has 0 amide bonds. The topological polar surface area (TPSA) is 49.8 Å². The van der Waals surface area contributed by atoms with Crippen molar-refractivity contribution in [3.8, 4) is 5.75 Å². The maximum atomic E-state index is 10.9. The third-order valence-electron chi connectivity index (χ3n) is 2.77. The third kappa shape index (κ3) is 2.17. The van der Waals surface area contributed by atoms with E-state index in [1.807, 2.05) is 13.1 Å². The maximum absolute atomic E-state index is 10.9. The fourth-order valence-corrected chi connectivity index (χ4v) is 1.81. The summed E-state index contributed by atoms with van der Waals surface area (Å²) < 4.78 is 5.66. The van der Waals surface area contributed by atoms with Gasteiger partial charge >= 0.3 is 5.97 Å². The zero-order chi connectivity index (χ0) is 11.7. The van der Waals surface area contributed by atoms with Gasteiger partial charge in [0.05, 0.1) is 5.56 Å². The second-order valence-electron chi connectivity index (χ2n) is 4.24. The first-order chi connectivity index (χ1) is 7.56. The average molecular weight is 221 g/mol. The standard InChI is InChI=1S/C12H15NO3/c1-8-3-4-9(5-11(8)12(14)15)16-10-6-13(2)7-10/h3-5,10H,6-7H2,1-2H3,(H,14,15). The molecule has 0 unspecified atom stereocenters. The summed E-state index contributed by atoms with van der Waals surface area (Å²) >= 11 is 0. The molecule has 0 bridgehead atoms. The molecular formula is C12H15NO3. The Morgan fingerprint density at radius 1 is 1.50 bits per heavy atom. The molecule has 1 fully saturated rings. The molecule has 16 heavy (non-hydrogen) atoms. The van der Waals surface area contributed by atoms with Crippen LogP contribution in [0.2, 0.25) is 0 Å². The second kappa shape index (κ2) is 4.14. The van der Waals surface area contributed by atoms with Gasteiger partial charge in [-0.25, -0.2) is 4.79 Å². The Hall–Kier alpha value is -1.55. The molecule has 0 radical (unpaired) electrons. The van der Waals surface area contributed by atoms with E-state index in [-0.39, 0.29) is 6.10 Å². The van der Waals surface area contributed by atoms with Crippen LogP contribution in [-0.4, -0.2) is 42.2 Å². The highest BCUT2D eigenvalue weighted by Crippen LogP contribution is 2.20. The quantitative estimate of drug-likeness (QED) is 0.837.